The summed E-state index contributed by atoms with van der Waals surface area (Å²) in [6.07, 6.45) is 2.16. The van der Waals surface area contributed by atoms with Gasteiger partial charge in [0.25, 0.3) is 0 Å². The Labute approximate surface area is 87.6 Å². The summed E-state index contributed by atoms with van der Waals surface area (Å²) in [5, 5.41) is 5.70. The van der Waals surface area contributed by atoms with E-state index in [0.29, 0.717) is 11.8 Å². The lowest BCUT2D eigenvalue weighted by molar-refractivity contribution is 0.237. The van der Waals surface area contributed by atoms with Crippen LogP contribution < -0.4 is 10.6 Å². The van der Waals surface area contributed by atoms with E-state index in [0.717, 1.165) is 25.9 Å². The highest BCUT2D eigenvalue weighted by Gasteiger charge is 2.07. The van der Waals surface area contributed by atoms with Gasteiger partial charge in [-0.15, -0.1) is 0 Å². The van der Waals surface area contributed by atoms with Crippen LogP contribution in [0, 0.1) is 11.8 Å². The number of nitrogens with one attached hydrogen (secondary N) is 2. The second kappa shape index (κ2) is 7.65. The highest BCUT2D eigenvalue weighted by molar-refractivity contribution is 5.73. The molecule has 2 amide bonds. The van der Waals surface area contributed by atoms with E-state index in [1.54, 1.807) is 0 Å². The second-order valence-electron chi connectivity index (χ2n) is 4.21. The Hall–Kier alpha value is -0.730. The molecule has 84 valence electrons. The van der Waals surface area contributed by atoms with Gasteiger partial charge in [0.2, 0.25) is 0 Å². The fourth-order valence-electron chi connectivity index (χ4n) is 0.931. The zero-order valence-electron chi connectivity index (χ0n) is 9.89. The Bertz CT molecular complexity index is 157. The molecule has 0 aromatic rings. The second-order valence-corrected chi connectivity index (χ2v) is 4.21. The van der Waals surface area contributed by atoms with Gasteiger partial charge in [0, 0.05) is 13.1 Å². The van der Waals surface area contributed by atoms with Gasteiger partial charge in [0.05, 0.1) is 0 Å². The summed E-state index contributed by atoms with van der Waals surface area (Å²) in [4.78, 5) is 11.2. The van der Waals surface area contributed by atoms with Crippen LogP contribution in [0.1, 0.15) is 40.5 Å². The largest absolute Gasteiger partial charge is 0.338 e. The van der Waals surface area contributed by atoms with E-state index < -0.39 is 0 Å². The third kappa shape index (κ3) is 6.75. The summed E-state index contributed by atoms with van der Waals surface area (Å²) in [7, 11) is 0. The highest BCUT2D eigenvalue weighted by Crippen LogP contribution is 2.07. The molecule has 0 heterocycles. The molecule has 1 atom stereocenters. The number of urea groups is 1. The Morgan fingerprint density at radius 3 is 2.36 bits per heavy atom. The first-order chi connectivity index (χ1) is 6.57. The van der Waals surface area contributed by atoms with Crippen LogP contribution in [0.15, 0.2) is 0 Å². The summed E-state index contributed by atoms with van der Waals surface area (Å²) < 4.78 is 0. The number of amides is 2. The molecule has 0 aliphatic carbocycles. The van der Waals surface area contributed by atoms with Crippen LogP contribution in [0.3, 0.4) is 0 Å². The zero-order valence-corrected chi connectivity index (χ0v) is 9.89. The van der Waals surface area contributed by atoms with Crippen molar-refractivity contribution in [2.75, 3.05) is 13.1 Å². The van der Waals surface area contributed by atoms with Gasteiger partial charge in [0.15, 0.2) is 0 Å². The summed E-state index contributed by atoms with van der Waals surface area (Å²) in [6, 6.07) is -0.0362. The van der Waals surface area contributed by atoms with Crippen LogP contribution >= 0.6 is 0 Å². The van der Waals surface area contributed by atoms with Crippen LogP contribution in [0.5, 0.6) is 0 Å². The number of hydrogen-bond donors (Lipinski definition) is 2. The van der Waals surface area contributed by atoms with Crippen molar-refractivity contribution in [3.8, 4) is 0 Å². The van der Waals surface area contributed by atoms with E-state index in [9.17, 15) is 4.79 Å². The topological polar surface area (TPSA) is 41.1 Å². The van der Waals surface area contributed by atoms with Crippen molar-refractivity contribution in [2.24, 2.45) is 11.8 Å². The van der Waals surface area contributed by atoms with Crippen molar-refractivity contribution in [3.63, 3.8) is 0 Å². The van der Waals surface area contributed by atoms with Crippen molar-refractivity contribution in [1.29, 1.82) is 0 Å². The standard InChI is InChI=1S/C11H24N2O/c1-5-6-7-12-11(14)13-8-10(4)9(2)3/h9-10H,5-8H2,1-4H3,(H2,12,13,14). The fraction of sp³-hybridized carbons (Fsp3) is 0.909. The molecule has 0 aromatic heterocycles. The molecule has 0 saturated heterocycles. The lowest BCUT2D eigenvalue weighted by Gasteiger charge is -2.16. The normalized spacial score (nSPS) is 12.6. The van der Waals surface area contributed by atoms with Crippen molar-refractivity contribution >= 4 is 6.03 Å². The smallest absolute Gasteiger partial charge is 0.314 e. The summed E-state index contributed by atoms with van der Waals surface area (Å²) in [5.41, 5.74) is 0. The molecule has 0 aliphatic heterocycles. The molecular formula is C11H24N2O. The molecule has 3 nitrogen and oxygen atoms in total. The van der Waals surface area contributed by atoms with Gasteiger partial charge in [-0.2, -0.15) is 0 Å². The first-order valence-corrected chi connectivity index (χ1v) is 5.59. The summed E-state index contributed by atoms with van der Waals surface area (Å²) in [5.74, 6) is 1.15. The quantitative estimate of drug-likeness (QED) is 0.635. The van der Waals surface area contributed by atoms with E-state index in [2.05, 4.69) is 38.3 Å². The first-order valence-electron chi connectivity index (χ1n) is 5.59. The monoisotopic (exact) mass is 200 g/mol. The first kappa shape index (κ1) is 13.3. The number of rotatable bonds is 6. The molecule has 0 spiro atoms. The number of unbranched alkanes of at least 4 members (excludes halogenated alkanes) is 1. The number of carbonyl (C=O) groups is 1. The van der Waals surface area contributed by atoms with Gasteiger partial charge < -0.3 is 10.6 Å². The average Bonchev–Trinajstić information content (AvgIpc) is 2.14. The Morgan fingerprint density at radius 2 is 1.86 bits per heavy atom. The Morgan fingerprint density at radius 1 is 1.21 bits per heavy atom. The Kier molecular flexibility index (Phi) is 7.25. The molecule has 2 N–H and O–H groups in total. The minimum Gasteiger partial charge on any atom is -0.338 e. The fourth-order valence-corrected chi connectivity index (χ4v) is 0.931. The van der Waals surface area contributed by atoms with E-state index in [1.165, 1.54) is 0 Å². The highest BCUT2D eigenvalue weighted by atomic mass is 16.2. The van der Waals surface area contributed by atoms with Crippen LogP contribution in [0.2, 0.25) is 0 Å². The molecule has 0 saturated carbocycles. The van der Waals surface area contributed by atoms with E-state index in [4.69, 9.17) is 0 Å². The minimum absolute atomic E-state index is 0.0362. The van der Waals surface area contributed by atoms with Crippen LogP contribution in [0.4, 0.5) is 4.79 Å². The maximum atomic E-state index is 11.2. The van der Waals surface area contributed by atoms with Gasteiger partial charge in [-0.05, 0) is 18.3 Å². The molecule has 0 aliphatic rings. The molecule has 14 heavy (non-hydrogen) atoms. The minimum atomic E-state index is -0.0362. The molecule has 0 rings (SSSR count). The predicted molar refractivity (Wildman–Crippen MR) is 60.3 cm³/mol. The maximum absolute atomic E-state index is 11.2. The van der Waals surface area contributed by atoms with Crippen LogP contribution in [-0.4, -0.2) is 19.1 Å². The number of hydrogen-bond acceptors (Lipinski definition) is 1. The zero-order chi connectivity index (χ0) is 11.0. The lowest BCUT2D eigenvalue weighted by atomic mass is 9.98. The molecule has 0 radical (unpaired) electrons. The molecule has 1 unspecified atom stereocenters. The SMILES string of the molecule is CCCCNC(=O)NCC(C)C(C)C. The summed E-state index contributed by atoms with van der Waals surface area (Å²) in [6.45, 7) is 10.1. The Balaban J connectivity index is 3.44. The maximum Gasteiger partial charge on any atom is 0.314 e. The van der Waals surface area contributed by atoms with Crippen molar-refractivity contribution in [3.05, 3.63) is 0 Å². The van der Waals surface area contributed by atoms with Crippen molar-refractivity contribution < 1.29 is 4.79 Å². The third-order valence-corrected chi connectivity index (χ3v) is 2.54. The molecular weight excluding hydrogens is 176 g/mol. The molecule has 0 bridgehead atoms. The van der Waals surface area contributed by atoms with Gasteiger partial charge in [-0.1, -0.05) is 34.1 Å². The van der Waals surface area contributed by atoms with Gasteiger partial charge in [-0.3, -0.25) is 0 Å². The van der Waals surface area contributed by atoms with Gasteiger partial charge in [-0.25, -0.2) is 4.79 Å². The van der Waals surface area contributed by atoms with Gasteiger partial charge in [0.1, 0.15) is 0 Å². The average molecular weight is 200 g/mol. The van der Waals surface area contributed by atoms with E-state index in [1.807, 2.05) is 0 Å². The van der Waals surface area contributed by atoms with Crippen LogP contribution in [-0.2, 0) is 0 Å². The number of carbonyl (C=O) groups excluding carboxylic acids is 1. The van der Waals surface area contributed by atoms with Gasteiger partial charge >= 0.3 is 6.03 Å². The third-order valence-electron chi connectivity index (χ3n) is 2.54. The lowest BCUT2D eigenvalue weighted by Crippen LogP contribution is -2.38. The predicted octanol–water partition coefficient (Wildman–Crippen LogP) is 2.38. The van der Waals surface area contributed by atoms with E-state index in [-0.39, 0.29) is 6.03 Å². The molecule has 0 aromatic carbocycles. The van der Waals surface area contributed by atoms with E-state index >= 15 is 0 Å². The molecule has 0 fully saturated rings. The van der Waals surface area contributed by atoms with Crippen LogP contribution in [0.25, 0.3) is 0 Å². The van der Waals surface area contributed by atoms with Crippen molar-refractivity contribution in [1.82, 2.24) is 10.6 Å². The van der Waals surface area contributed by atoms with Crippen molar-refractivity contribution in [2.45, 2.75) is 40.5 Å². The summed E-state index contributed by atoms with van der Waals surface area (Å²) >= 11 is 0. The molecule has 3 heteroatoms.